The number of aromatic nitrogens is 1. The summed E-state index contributed by atoms with van der Waals surface area (Å²) in [7, 11) is 0. The third-order valence-corrected chi connectivity index (χ3v) is 10.7. The van der Waals surface area contributed by atoms with Crippen LogP contribution in [0.15, 0.2) is 200 Å². The van der Waals surface area contributed by atoms with Crippen LogP contribution in [0.5, 0.6) is 0 Å². The molecule has 0 saturated carbocycles. The zero-order chi connectivity index (χ0) is 34.4. The fourth-order valence-electron chi connectivity index (χ4n) is 8.32. The van der Waals surface area contributed by atoms with E-state index in [0.29, 0.717) is 0 Å². The van der Waals surface area contributed by atoms with E-state index in [1.165, 1.54) is 71.7 Å². The van der Waals surface area contributed by atoms with E-state index in [4.69, 9.17) is 0 Å². The lowest BCUT2D eigenvalue weighted by molar-refractivity contribution is 0.623. The van der Waals surface area contributed by atoms with Gasteiger partial charge < -0.3 is 9.47 Å². The van der Waals surface area contributed by atoms with Crippen LogP contribution in [0.3, 0.4) is 0 Å². The second kappa shape index (κ2) is 12.6. The van der Waals surface area contributed by atoms with Crippen molar-refractivity contribution in [2.24, 2.45) is 0 Å². The van der Waals surface area contributed by atoms with Crippen molar-refractivity contribution in [3.8, 4) is 22.3 Å². The molecule has 0 amide bonds. The summed E-state index contributed by atoms with van der Waals surface area (Å²) in [5, 5.41) is 5.17. The van der Waals surface area contributed by atoms with E-state index in [1.807, 2.05) is 0 Å². The van der Waals surface area contributed by atoms with Gasteiger partial charge in [-0.2, -0.15) is 0 Å². The van der Waals surface area contributed by atoms with Crippen LogP contribution >= 0.6 is 0 Å². The lowest BCUT2D eigenvalue weighted by atomic mass is 9.88. The molecule has 1 aliphatic carbocycles. The molecule has 0 saturated heterocycles. The normalized spacial score (nSPS) is 14.0. The number of para-hydroxylation sites is 1. The van der Waals surface area contributed by atoms with E-state index >= 15 is 0 Å². The quantitative estimate of drug-likeness (QED) is 0.172. The average molecular weight is 665 g/mol. The Labute approximate surface area is 304 Å². The summed E-state index contributed by atoms with van der Waals surface area (Å²) in [6.07, 6.45) is 3.33. The zero-order valence-corrected chi connectivity index (χ0v) is 28.7. The van der Waals surface area contributed by atoms with E-state index in [1.54, 1.807) is 0 Å². The maximum absolute atomic E-state index is 2.62. The molecule has 8 aromatic carbocycles. The van der Waals surface area contributed by atoms with Crippen molar-refractivity contribution in [1.29, 1.82) is 0 Å². The van der Waals surface area contributed by atoms with Gasteiger partial charge in [0.2, 0.25) is 0 Å². The van der Waals surface area contributed by atoms with Crippen molar-refractivity contribution in [3.63, 3.8) is 0 Å². The van der Waals surface area contributed by atoms with Gasteiger partial charge in [0.1, 0.15) is 0 Å². The Morgan fingerprint density at radius 1 is 0.423 bits per heavy atom. The summed E-state index contributed by atoms with van der Waals surface area (Å²) in [6.45, 7) is 0. The fourth-order valence-corrected chi connectivity index (χ4v) is 8.32. The summed E-state index contributed by atoms with van der Waals surface area (Å²) < 4.78 is 2.62. The maximum Gasteiger partial charge on any atom is 0.0634 e. The Morgan fingerprint density at radius 3 is 1.63 bits per heavy atom. The Balaban J connectivity index is 1.14. The third kappa shape index (κ3) is 5.03. The Bertz CT molecular complexity index is 2660. The monoisotopic (exact) mass is 664 g/mol. The molecule has 1 aromatic heterocycles. The van der Waals surface area contributed by atoms with E-state index in [9.17, 15) is 0 Å². The molecule has 2 heteroatoms. The summed E-state index contributed by atoms with van der Waals surface area (Å²) in [6, 6.07) is 70.8. The molecular formula is C50H36N2. The largest absolute Gasteiger partial charge is 0.332 e. The van der Waals surface area contributed by atoms with Gasteiger partial charge in [-0.15, -0.1) is 0 Å². The minimum Gasteiger partial charge on any atom is -0.332 e. The van der Waals surface area contributed by atoms with Crippen LogP contribution in [0, 0.1) is 0 Å². The van der Waals surface area contributed by atoms with Gasteiger partial charge in [0.25, 0.3) is 0 Å². The molecule has 9 aromatic rings. The van der Waals surface area contributed by atoms with E-state index in [-0.39, 0.29) is 6.04 Å². The lowest BCUT2D eigenvalue weighted by Crippen LogP contribution is -2.22. The zero-order valence-electron chi connectivity index (χ0n) is 28.7. The van der Waals surface area contributed by atoms with Crippen LogP contribution in [0.4, 0.5) is 11.4 Å². The molecule has 52 heavy (non-hydrogen) atoms. The third-order valence-electron chi connectivity index (χ3n) is 10.7. The van der Waals surface area contributed by atoms with E-state index in [2.05, 4.69) is 210 Å². The first kappa shape index (κ1) is 30.2. The highest BCUT2D eigenvalue weighted by Crippen LogP contribution is 2.46. The maximum atomic E-state index is 2.62. The number of rotatable bonds is 6. The number of benzene rings is 8. The first-order chi connectivity index (χ1) is 25.8. The fraction of sp³-hybridized carbons (Fsp3) is 0.0400. The molecule has 2 nitrogen and oxygen atoms in total. The van der Waals surface area contributed by atoms with Crippen molar-refractivity contribution in [2.45, 2.75) is 12.5 Å². The predicted octanol–water partition coefficient (Wildman–Crippen LogP) is 13.5. The molecule has 1 atom stereocenters. The molecule has 1 aliphatic rings. The van der Waals surface area contributed by atoms with Gasteiger partial charge in [0.05, 0.1) is 11.6 Å². The highest BCUT2D eigenvalue weighted by atomic mass is 15.2. The van der Waals surface area contributed by atoms with Gasteiger partial charge in [-0.3, -0.25) is 0 Å². The molecule has 246 valence electrons. The SMILES string of the molecule is C1=C(N(c2ccc(-c3ccccc3)cc2)c2ccc(-c3ccccc3)cc2)c2ccccc2C(n2c3ccccc3c3ccc4ccccc4c32)C1. The smallest absolute Gasteiger partial charge is 0.0634 e. The minimum atomic E-state index is 0.135. The van der Waals surface area contributed by atoms with Gasteiger partial charge >= 0.3 is 0 Å². The molecule has 0 aliphatic heterocycles. The minimum absolute atomic E-state index is 0.135. The van der Waals surface area contributed by atoms with Crippen LogP contribution in [0.1, 0.15) is 23.6 Å². The number of hydrogen-bond acceptors (Lipinski definition) is 1. The summed E-state index contributed by atoms with van der Waals surface area (Å²) in [5.74, 6) is 0. The Kier molecular flexibility index (Phi) is 7.32. The molecular weight excluding hydrogens is 629 g/mol. The number of nitrogens with zero attached hydrogens (tertiary/aromatic N) is 2. The molecule has 1 unspecified atom stereocenters. The van der Waals surface area contributed by atoms with E-state index < -0.39 is 0 Å². The van der Waals surface area contributed by atoms with Crippen LogP contribution in [-0.4, -0.2) is 4.57 Å². The van der Waals surface area contributed by atoms with Gasteiger partial charge in [0, 0.05) is 44.3 Å². The van der Waals surface area contributed by atoms with Gasteiger partial charge in [0.15, 0.2) is 0 Å². The predicted molar refractivity (Wildman–Crippen MR) is 220 cm³/mol. The molecule has 0 fully saturated rings. The van der Waals surface area contributed by atoms with Crippen molar-refractivity contribution in [3.05, 3.63) is 211 Å². The molecule has 0 spiro atoms. The topological polar surface area (TPSA) is 8.17 Å². The molecule has 1 heterocycles. The van der Waals surface area contributed by atoms with Crippen LogP contribution in [0.25, 0.3) is 60.5 Å². The van der Waals surface area contributed by atoms with Crippen molar-refractivity contribution < 1.29 is 0 Å². The van der Waals surface area contributed by atoms with Gasteiger partial charge in [-0.25, -0.2) is 0 Å². The summed E-state index contributed by atoms with van der Waals surface area (Å²) in [5.41, 5.74) is 13.5. The van der Waals surface area contributed by atoms with Crippen LogP contribution < -0.4 is 4.90 Å². The first-order valence-corrected chi connectivity index (χ1v) is 18.1. The number of fused-ring (bicyclic) bond motifs is 6. The molecule has 10 rings (SSSR count). The molecule has 0 radical (unpaired) electrons. The van der Waals surface area contributed by atoms with Crippen LogP contribution in [0.2, 0.25) is 0 Å². The second-order valence-corrected chi connectivity index (χ2v) is 13.7. The molecule has 0 N–H and O–H groups in total. The van der Waals surface area contributed by atoms with Gasteiger partial charge in [-0.1, -0.05) is 170 Å². The molecule has 0 bridgehead atoms. The standard InChI is InChI=1S/C50H36N2/c1-3-13-35(14-4-1)37-23-28-40(29-24-37)51(41-30-25-38(26-31-41)36-15-5-2-6-16-36)48-33-34-49(44-20-10-9-19-43(44)48)52-47-22-12-11-21-45(47)46-32-27-39-17-7-8-18-42(39)50(46)52/h1-33,49H,34H2. The number of hydrogen-bond donors (Lipinski definition) is 0. The average Bonchev–Trinajstić information content (AvgIpc) is 3.57. The highest BCUT2D eigenvalue weighted by molar-refractivity contribution is 6.18. The Hall–Kier alpha value is -6.64. The van der Waals surface area contributed by atoms with Gasteiger partial charge in [-0.05, 0) is 70.0 Å². The van der Waals surface area contributed by atoms with Crippen molar-refractivity contribution in [1.82, 2.24) is 4.57 Å². The van der Waals surface area contributed by atoms with Crippen molar-refractivity contribution in [2.75, 3.05) is 4.90 Å². The highest BCUT2D eigenvalue weighted by Gasteiger charge is 2.29. The number of anilines is 2. The van der Waals surface area contributed by atoms with Crippen LogP contribution in [-0.2, 0) is 0 Å². The number of allylic oxidation sites excluding steroid dienone is 1. The summed E-state index contributed by atoms with van der Waals surface area (Å²) in [4.78, 5) is 2.44. The second-order valence-electron chi connectivity index (χ2n) is 13.7. The Morgan fingerprint density at radius 2 is 0.962 bits per heavy atom. The van der Waals surface area contributed by atoms with E-state index in [0.717, 1.165) is 17.8 Å². The van der Waals surface area contributed by atoms with Crippen molar-refractivity contribution >= 4 is 49.7 Å². The lowest BCUT2D eigenvalue weighted by Gasteiger charge is -2.35. The summed E-state index contributed by atoms with van der Waals surface area (Å²) >= 11 is 0. The first-order valence-electron chi connectivity index (χ1n) is 18.1.